The van der Waals surface area contributed by atoms with E-state index >= 15 is 0 Å². The van der Waals surface area contributed by atoms with Crippen LogP contribution in [0.5, 0.6) is 17.2 Å². The summed E-state index contributed by atoms with van der Waals surface area (Å²) >= 11 is 0. The molecule has 2 saturated carbocycles. The Balaban J connectivity index is 1.03. The molecule has 3 aliphatic rings. The number of primary amides is 1. The molecular weight excluding hydrogens is 866 g/mol. The number of hydrogen-bond acceptors (Lipinski definition) is 13. The predicted molar refractivity (Wildman–Crippen MR) is 253 cm³/mol. The van der Waals surface area contributed by atoms with E-state index in [2.05, 4.69) is 52.1 Å². The molecule has 5 rings (SSSR count). The van der Waals surface area contributed by atoms with E-state index in [1.54, 1.807) is 0 Å². The molecule has 0 spiro atoms. The Labute approximate surface area is 392 Å². The van der Waals surface area contributed by atoms with Crippen LogP contribution in [-0.4, -0.2) is 81.8 Å². The van der Waals surface area contributed by atoms with Crippen molar-refractivity contribution < 1.29 is 56.6 Å². The zero-order valence-corrected chi connectivity index (χ0v) is 41.0. The molecule has 7 unspecified atom stereocenters. The van der Waals surface area contributed by atoms with Gasteiger partial charge >= 0.3 is 13.8 Å². The minimum Gasteiger partial charge on any atom is -0.505 e. The van der Waals surface area contributed by atoms with Crippen LogP contribution in [0.15, 0.2) is 30.3 Å². The van der Waals surface area contributed by atoms with E-state index in [0.29, 0.717) is 61.7 Å². The van der Waals surface area contributed by atoms with E-state index in [0.717, 1.165) is 89.9 Å². The Kier molecular flexibility index (Phi) is 21.1. The van der Waals surface area contributed by atoms with Crippen LogP contribution in [0.25, 0.3) is 0 Å². The highest BCUT2D eigenvalue weighted by atomic mass is 31.2. The molecule has 0 aliphatic heterocycles. The highest BCUT2D eigenvalue weighted by Gasteiger charge is 2.55. The molecule has 0 bridgehead atoms. The lowest BCUT2D eigenvalue weighted by Crippen LogP contribution is -2.45. The molecule has 2 aromatic carbocycles. The van der Waals surface area contributed by atoms with Gasteiger partial charge in [0.1, 0.15) is 23.7 Å². The minimum absolute atomic E-state index is 0.0542. The van der Waals surface area contributed by atoms with Crippen molar-refractivity contribution in [1.82, 2.24) is 5.32 Å². The van der Waals surface area contributed by atoms with Gasteiger partial charge in [0.2, 0.25) is 5.91 Å². The van der Waals surface area contributed by atoms with Gasteiger partial charge in [-0.1, -0.05) is 79.2 Å². The van der Waals surface area contributed by atoms with Crippen molar-refractivity contribution in [3.63, 3.8) is 0 Å². The van der Waals surface area contributed by atoms with Crippen molar-refractivity contribution >= 4 is 31.3 Å². The van der Waals surface area contributed by atoms with E-state index < -0.39 is 37.6 Å². The summed E-state index contributed by atoms with van der Waals surface area (Å²) in [6.45, 7) is 12.6. The second-order valence-corrected chi connectivity index (χ2v) is 20.3. The van der Waals surface area contributed by atoms with Gasteiger partial charge in [-0.3, -0.25) is 18.6 Å². The number of rotatable bonds is 30. The first-order chi connectivity index (χ1) is 31.7. The lowest BCUT2D eigenvalue weighted by molar-refractivity contribution is -0.140. The van der Waals surface area contributed by atoms with Gasteiger partial charge in [-0.2, -0.15) is 0 Å². The predicted octanol–water partition coefficient (Wildman–Crippen LogP) is 9.41. The number of aryl methyl sites for hydroxylation is 1. The van der Waals surface area contributed by atoms with Crippen LogP contribution in [0, 0.1) is 29.1 Å². The van der Waals surface area contributed by atoms with Crippen molar-refractivity contribution in [2.75, 3.05) is 58.5 Å². The number of nitrogens with two attached hydrogens (primary N) is 2. The number of unbranched alkanes of at least 4 members (excludes halogenated alkanes) is 2. The van der Waals surface area contributed by atoms with Gasteiger partial charge in [0.25, 0.3) is 5.91 Å². The van der Waals surface area contributed by atoms with Gasteiger partial charge in [-0.25, -0.2) is 9.36 Å². The topological polar surface area (TPSA) is 217 Å². The second-order valence-electron chi connectivity index (χ2n) is 18.7. The number of carbonyl (C=O) groups is 3. The van der Waals surface area contributed by atoms with Gasteiger partial charge in [0.05, 0.1) is 51.4 Å². The fraction of sp³-hybridized carbons (Fsp3) is 0.700. The number of fused-ring (bicyclic) bond motifs is 5. The third-order valence-corrected chi connectivity index (χ3v) is 15.7. The SMILES string of the molecule is CCCCC(CC)COP(=O)(OCC(CC)CCCC)Oc1ccc2c(c1)CCC1C2CCC2(C)C(OCCC(=O)NCCOCCOCC(=O)Oc3ccc(N)c(O)c3C(N)=O)CCC12. The van der Waals surface area contributed by atoms with Crippen LogP contribution < -0.4 is 26.0 Å². The number of ether oxygens (including phenoxy) is 4. The maximum absolute atomic E-state index is 14.3. The van der Waals surface area contributed by atoms with Crippen LogP contribution in [0.3, 0.4) is 0 Å². The van der Waals surface area contributed by atoms with Crippen molar-refractivity contribution in [3.8, 4) is 17.2 Å². The first-order valence-corrected chi connectivity index (χ1v) is 26.1. The second kappa shape index (κ2) is 26.1. The van der Waals surface area contributed by atoms with E-state index in [-0.39, 0.29) is 55.1 Å². The molecule has 0 saturated heterocycles. The Bertz CT molecular complexity index is 1910. The highest BCUT2D eigenvalue weighted by Crippen LogP contribution is 2.62. The third-order valence-electron chi connectivity index (χ3n) is 14.3. The van der Waals surface area contributed by atoms with Crippen molar-refractivity contribution in [1.29, 1.82) is 0 Å². The summed E-state index contributed by atoms with van der Waals surface area (Å²) in [6.07, 6.45) is 15.0. The van der Waals surface area contributed by atoms with Crippen molar-refractivity contribution in [2.24, 2.45) is 34.8 Å². The Morgan fingerprint density at radius 2 is 1.59 bits per heavy atom. The Hall–Kier alpha value is -3.72. The molecule has 2 aromatic rings. The third kappa shape index (κ3) is 14.6. The van der Waals surface area contributed by atoms with Gasteiger partial charge in [0.15, 0.2) is 5.75 Å². The first kappa shape index (κ1) is 53.2. The molecule has 370 valence electrons. The lowest BCUT2D eigenvalue weighted by Gasteiger charge is -2.50. The average Bonchev–Trinajstić information content (AvgIpc) is 3.64. The van der Waals surface area contributed by atoms with Crippen LogP contribution in [0.1, 0.15) is 152 Å². The summed E-state index contributed by atoms with van der Waals surface area (Å²) in [5.74, 6) is 0.0337. The minimum atomic E-state index is -3.86. The molecule has 2 amide bonds. The first-order valence-electron chi connectivity index (χ1n) is 24.6. The van der Waals surface area contributed by atoms with Gasteiger partial charge in [-0.05, 0) is 122 Å². The summed E-state index contributed by atoms with van der Waals surface area (Å²) < 4.78 is 55.2. The van der Waals surface area contributed by atoms with Gasteiger partial charge in [-0.15, -0.1) is 0 Å². The number of amides is 2. The number of aromatic hydroxyl groups is 1. The molecule has 0 heterocycles. The molecule has 66 heavy (non-hydrogen) atoms. The van der Waals surface area contributed by atoms with E-state index in [1.807, 2.05) is 6.07 Å². The Morgan fingerprint density at radius 3 is 2.26 bits per heavy atom. The Morgan fingerprint density at radius 1 is 0.894 bits per heavy atom. The number of hydrogen-bond donors (Lipinski definition) is 4. The van der Waals surface area contributed by atoms with Crippen LogP contribution in [-0.2, 0) is 43.8 Å². The number of benzene rings is 2. The summed E-state index contributed by atoms with van der Waals surface area (Å²) in [5, 5.41) is 12.9. The van der Waals surface area contributed by atoms with Gasteiger partial charge < -0.3 is 45.4 Å². The highest BCUT2D eigenvalue weighted by molar-refractivity contribution is 7.48. The number of nitrogens with one attached hydrogen (secondary N) is 1. The number of anilines is 1. The van der Waals surface area contributed by atoms with Crippen molar-refractivity contribution in [2.45, 2.75) is 143 Å². The fourth-order valence-corrected chi connectivity index (χ4v) is 11.7. The zero-order chi connectivity index (χ0) is 47.7. The maximum atomic E-state index is 14.3. The van der Waals surface area contributed by atoms with Gasteiger partial charge in [0, 0.05) is 13.0 Å². The smallest absolute Gasteiger partial charge is 0.505 e. The summed E-state index contributed by atoms with van der Waals surface area (Å²) in [6, 6.07) is 8.79. The molecule has 6 N–H and O–H groups in total. The summed E-state index contributed by atoms with van der Waals surface area (Å²) in [7, 11) is -3.86. The van der Waals surface area contributed by atoms with E-state index in [1.165, 1.54) is 23.3 Å². The van der Waals surface area contributed by atoms with Crippen LogP contribution in [0.4, 0.5) is 5.69 Å². The van der Waals surface area contributed by atoms with Crippen LogP contribution in [0.2, 0.25) is 0 Å². The molecule has 16 heteroatoms. The van der Waals surface area contributed by atoms with E-state index in [4.69, 9.17) is 44.0 Å². The monoisotopic (exact) mass is 944 g/mol. The summed E-state index contributed by atoms with van der Waals surface area (Å²) in [5.41, 5.74) is 13.1. The maximum Gasteiger partial charge on any atom is 0.530 e. The molecular formula is C50H78N3O12P. The normalized spacial score (nSPS) is 22.9. The molecule has 0 aromatic heterocycles. The van der Waals surface area contributed by atoms with Crippen LogP contribution >= 0.6 is 7.82 Å². The largest absolute Gasteiger partial charge is 0.530 e. The summed E-state index contributed by atoms with van der Waals surface area (Å²) in [4.78, 5) is 36.5. The zero-order valence-electron chi connectivity index (χ0n) is 40.2. The number of phosphoric acid groups is 1. The average molecular weight is 944 g/mol. The number of phenols is 1. The van der Waals surface area contributed by atoms with Crippen molar-refractivity contribution in [3.05, 3.63) is 47.0 Å². The number of phosphoric ester groups is 1. The lowest BCUT2D eigenvalue weighted by atomic mass is 9.55. The number of esters is 1. The molecule has 0 radical (unpaired) electrons. The molecule has 3 aliphatic carbocycles. The number of carbonyl (C=O) groups excluding carboxylic acids is 3. The molecule has 15 nitrogen and oxygen atoms in total. The standard InChI is InChI=1S/C50H78N3O12P/c1-6-10-12-34(8-3)31-62-66(58,63-32-35(9-4)13-11-7-2)65-37-15-17-38-36(30-37)14-16-40-39(38)22-24-50(5)41(40)18-21-44(50)61-26-23-45(54)53-25-27-59-28-29-60-33-46(55)64-43-20-19-42(51)48(56)47(43)49(52)57/h15,17,19-20,30,34-35,39-41,44,56H,6-14,16,18,21-29,31-33,51H2,1-5H3,(H2,52,57)(H,53,54). The van der Waals surface area contributed by atoms with E-state index in [9.17, 15) is 24.1 Å². The fourth-order valence-electron chi connectivity index (χ4n) is 10.3. The number of nitrogen functional groups attached to an aromatic ring is 1. The quantitative estimate of drug-likeness (QED) is 0.0144. The molecule has 2 fully saturated rings. The molecule has 7 atom stereocenters.